The van der Waals surface area contributed by atoms with Crippen molar-refractivity contribution in [3.63, 3.8) is 0 Å². The molecule has 0 aliphatic heterocycles. The van der Waals surface area contributed by atoms with Crippen LogP contribution in [0.1, 0.15) is 18.7 Å². The molecule has 0 aromatic heterocycles. The van der Waals surface area contributed by atoms with E-state index < -0.39 is 6.39 Å². The fraction of sp³-hybridized carbons (Fsp3) is 0.111. The standard InChI is InChI=1S/C9H9NO2/c1-7(12)8-3-2-4-9(5-8)10-6-11/h2-6H,1H3,(H,10,11)/i6T. The number of Topliss-reactive ketones (excluding diaryl/α,β-unsaturated/α-hetero) is 1. The van der Waals surface area contributed by atoms with E-state index in [-0.39, 0.29) is 5.78 Å². The van der Waals surface area contributed by atoms with Crippen LogP contribution >= 0.6 is 0 Å². The molecule has 0 saturated heterocycles. The largest absolute Gasteiger partial charge is 0.329 e. The van der Waals surface area contributed by atoms with Crippen LogP contribution in [0.4, 0.5) is 5.69 Å². The van der Waals surface area contributed by atoms with E-state index in [1.807, 2.05) is 0 Å². The lowest BCUT2D eigenvalue weighted by molar-refractivity contribution is -0.105. The zero-order valence-corrected chi connectivity index (χ0v) is 6.63. The van der Waals surface area contributed by atoms with Crippen molar-refractivity contribution in [1.29, 1.82) is 0 Å². The number of ketones is 1. The van der Waals surface area contributed by atoms with Gasteiger partial charge in [0.05, 0.1) is 0 Å². The number of benzene rings is 1. The van der Waals surface area contributed by atoms with Crippen LogP contribution in [-0.2, 0) is 4.79 Å². The molecule has 0 aliphatic carbocycles. The maximum absolute atomic E-state index is 10.9. The third-order valence-corrected chi connectivity index (χ3v) is 1.46. The van der Waals surface area contributed by atoms with E-state index in [1.165, 1.54) is 13.0 Å². The second kappa shape index (κ2) is 3.67. The Morgan fingerprint density at radius 1 is 1.67 bits per heavy atom. The number of nitrogens with one attached hydrogen (secondary N) is 1. The summed E-state index contributed by atoms with van der Waals surface area (Å²) in [4.78, 5) is 21.3. The number of anilines is 1. The summed E-state index contributed by atoms with van der Waals surface area (Å²) in [5.74, 6) is -0.0684. The number of hydrogen-bond donors (Lipinski definition) is 1. The molecule has 0 bridgehead atoms. The predicted octanol–water partition coefficient (Wildman–Crippen LogP) is 1.46. The molecule has 1 N–H and O–H groups in total. The molecule has 0 aliphatic rings. The molecule has 1 aromatic carbocycles. The van der Waals surface area contributed by atoms with Crippen molar-refractivity contribution in [1.82, 2.24) is 0 Å². The molecule has 1 amide bonds. The quantitative estimate of drug-likeness (QED) is 0.532. The van der Waals surface area contributed by atoms with Crippen LogP contribution in [0.3, 0.4) is 0 Å². The fourth-order valence-electron chi connectivity index (χ4n) is 0.875. The number of carbonyl (C=O) groups is 2. The summed E-state index contributed by atoms with van der Waals surface area (Å²) in [5.41, 5.74) is 0.985. The molecule has 12 heavy (non-hydrogen) atoms. The Labute approximate surface area is 71.8 Å². The maximum Gasteiger partial charge on any atom is 0.211 e. The molecule has 0 heterocycles. The minimum absolute atomic E-state index is 0.0684. The molecule has 0 atom stereocenters. The Hall–Kier alpha value is -1.64. The molecular weight excluding hydrogens is 154 g/mol. The molecule has 0 fully saturated rings. The van der Waals surface area contributed by atoms with Crippen LogP contribution in [0.15, 0.2) is 24.3 Å². The van der Waals surface area contributed by atoms with Crippen LogP contribution in [-0.4, -0.2) is 12.2 Å². The van der Waals surface area contributed by atoms with Crippen molar-refractivity contribution in [2.45, 2.75) is 6.92 Å². The summed E-state index contributed by atoms with van der Waals surface area (Å²) in [6, 6.07) is 6.47. The second-order valence-corrected chi connectivity index (χ2v) is 2.36. The van der Waals surface area contributed by atoms with Crippen molar-refractivity contribution < 1.29 is 11.0 Å². The highest BCUT2D eigenvalue weighted by atomic mass is 16.1. The van der Waals surface area contributed by atoms with Gasteiger partial charge in [0.2, 0.25) is 6.39 Å². The number of hydrogen-bond acceptors (Lipinski definition) is 2. The molecule has 1 rings (SSSR count). The Morgan fingerprint density at radius 3 is 3.00 bits per heavy atom. The van der Waals surface area contributed by atoms with Crippen LogP contribution in [0.5, 0.6) is 0 Å². The van der Waals surface area contributed by atoms with Gasteiger partial charge in [-0.3, -0.25) is 9.59 Å². The summed E-state index contributed by atoms with van der Waals surface area (Å²) in [7, 11) is 0. The zero-order chi connectivity index (χ0) is 9.84. The number of rotatable bonds is 2. The van der Waals surface area contributed by atoms with Gasteiger partial charge < -0.3 is 5.32 Å². The zero-order valence-electron chi connectivity index (χ0n) is 7.63. The van der Waals surface area contributed by atoms with E-state index in [0.717, 1.165) is 0 Å². The van der Waals surface area contributed by atoms with E-state index in [4.69, 9.17) is 1.37 Å². The van der Waals surface area contributed by atoms with Gasteiger partial charge in [-0.2, -0.15) is 0 Å². The van der Waals surface area contributed by atoms with Crippen molar-refractivity contribution in [3.05, 3.63) is 29.8 Å². The third-order valence-electron chi connectivity index (χ3n) is 1.46. The minimum atomic E-state index is -0.888. The molecule has 3 heteroatoms. The van der Waals surface area contributed by atoms with Gasteiger partial charge in [0.25, 0.3) is 0 Å². The third kappa shape index (κ3) is 1.92. The van der Waals surface area contributed by atoms with E-state index in [1.54, 1.807) is 18.2 Å². The lowest BCUT2D eigenvalue weighted by atomic mass is 10.1. The van der Waals surface area contributed by atoms with Gasteiger partial charge in [-0.1, -0.05) is 12.1 Å². The van der Waals surface area contributed by atoms with Crippen LogP contribution < -0.4 is 5.32 Å². The van der Waals surface area contributed by atoms with Gasteiger partial charge in [0, 0.05) is 11.3 Å². The molecule has 0 spiro atoms. The highest BCUT2D eigenvalue weighted by Gasteiger charge is 1.98. The number of amides is 1. The highest BCUT2D eigenvalue weighted by Crippen LogP contribution is 2.09. The highest BCUT2D eigenvalue weighted by molar-refractivity contribution is 5.95. The predicted molar refractivity (Wildman–Crippen MR) is 46.1 cm³/mol. The topological polar surface area (TPSA) is 46.2 Å². The Kier molecular flexibility index (Phi) is 2.15. The summed E-state index contributed by atoms with van der Waals surface area (Å²) >= 11 is 0. The van der Waals surface area contributed by atoms with E-state index in [9.17, 15) is 9.59 Å². The minimum Gasteiger partial charge on any atom is -0.329 e. The fourth-order valence-corrected chi connectivity index (χ4v) is 0.875. The summed E-state index contributed by atoms with van der Waals surface area (Å²) < 4.78 is 6.66. The maximum atomic E-state index is 10.9. The van der Waals surface area contributed by atoms with E-state index >= 15 is 0 Å². The number of carbonyl (C=O) groups excluding carboxylic acids is 2. The SMILES string of the molecule is [3H]C(=O)Nc1cccc(C(C)=O)c1. The summed E-state index contributed by atoms with van der Waals surface area (Å²) in [6.45, 7) is 1.45. The average molecular weight is 165 g/mol. The second-order valence-electron chi connectivity index (χ2n) is 2.36. The lowest BCUT2D eigenvalue weighted by Crippen LogP contribution is -1.96. The van der Waals surface area contributed by atoms with E-state index in [0.29, 0.717) is 11.3 Å². The molecule has 3 nitrogen and oxygen atoms in total. The summed E-state index contributed by atoms with van der Waals surface area (Å²) in [5, 5.41) is 2.28. The molecule has 0 radical (unpaired) electrons. The first-order chi connectivity index (χ1) is 6.09. The normalized spacial score (nSPS) is 10.2. The molecule has 0 saturated carbocycles. The van der Waals surface area contributed by atoms with Crippen LogP contribution in [0.2, 0.25) is 0 Å². The first-order valence-corrected chi connectivity index (χ1v) is 3.48. The molecule has 1 aromatic rings. The first-order valence-electron chi connectivity index (χ1n) is 3.98. The Morgan fingerprint density at radius 2 is 2.42 bits per heavy atom. The van der Waals surface area contributed by atoms with Crippen LogP contribution in [0, 0.1) is 0 Å². The van der Waals surface area contributed by atoms with Gasteiger partial charge in [-0.25, -0.2) is 0 Å². The van der Waals surface area contributed by atoms with Crippen molar-refractivity contribution in [2.24, 2.45) is 0 Å². The van der Waals surface area contributed by atoms with Crippen molar-refractivity contribution in [2.75, 3.05) is 5.32 Å². The van der Waals surface area contributed by atoms with Crippen LogP contribution in [0.25, 0.3) is 0 Å². The first kappa shape index (κ1) is 7.03. The molecule has 0 unspecified atom stereocenters. The lowest BCUT2D eigenvalue weighted by Gasteiger charge is -1.99. The van der Waals surface area contributed by atoms with Crippen molar-refractivity contribution >= 4 is 17.9 Å². The van der Waals surface area contributed by atoms with Gasteiger partial charge in [0.15, 0.2) is 5.78 Å². The molecular formula is C9H9NO2. The molecule has 62 valence electrons. The Balaban J connectivity index is 2.91. The van der Waals surface area contributed by atoms with Gasteiger partial charge >= 0.3 is 0 Å². The van der Waals surface area contributed by atoms with Gasteiger partial charge in [-0.15, -0.1) is 0 Å². The smallest absolute Gasteiger partial charge is 0.211 e. The average Bonchev–Trinajstić information content (AvgIpc) is 2.03. The summed E-state index contributed by atoms with van der Waals surface area (Å²) in [6.07, 6.45) is -0.888. The van der Waals surface area contributed by atoms with Gasteiger partial charge in [0.1, 0.15) is 1.37 Å². The van der Waals surface area contributed by atoms with Gasteiger partial charge in [-0.05, 0) is 19.1 Å². The Bertz CT molecular complexity index is 349. The van der Waals surface area contributed by atoms with Crippen molar-refractivity contribution in [3.8, 4) is 0 Å². The monoisotopic (exact) mass is 165 g/mol. The van der Waals surface area contributed by atoms with E-state index in [2.05, 4.69) is 5.32 Å².